The Bertz CT molecular complexity index is 339. The van der Waals surface area contributed by atoms with Gasteiger partial charge in [-0.1, -0.05) is 15.9 Å². The standard InChI is InChI=1S/C10H11BrFNO/c11-6-1-2-9(12)10(3-6)14-8-4-7(13)5-8/h1-3,7-8H,4-5,13H2. The summed E-state index contributed by atoms with van der Waals surface area (Å²) < 4.78 is 19.5. The van der Waals surface area contributed by atoms with Crippen molar-refractivity contribution in [2.24, 2.45) is 5.73 Å². The molecule has 0 amide bonds. The van der Waals surface area contributed by atoms with Gasteiger partial charge in [0.1, 0.15) is 6.10 Å². The number of rotatable bonds is 2. The normalized spacial score (nSPS) is 25.6. The van der Waals surface area contributed by atoms with Crippen LogP contribution >= 0.6 is 15.9 Å². The van der Waals surface area contributed by atoms with Gasteiger partial charge in [0.25, 0.3) is 0 Å². The van der Waals surface area contributed by atoms with Crippen molar-refractivity contribution in [3.8, 4) is 5.75 Å². The van der Waals surface area contributed by atoms with Gasteiger partial charge in [0, 0.05) is 10.5 Å². The molecular formula is C10H11BrFNO. The van der Waals surface area contributed by atoms with E-state index in [1.54, 1.807) is 12.1 Å². The third-order valence-electron chi connectivity index (χ3n) is 2.32. The maximum atomic E-state index is 13.2. The zero-order valence-corrected chi connectivity index (χ0v) is 9.13. The molecule has 0 bridgehead atoms. The first-order valence-electron chi connectivity index (χ1n) is 4.52. The molecule has 0 radical (unpaired) electrons. The van der Waals surface area contributed by atoms with Crippen LogP contribution in [0, 0.1) is 5.82 Å². The van der Waals surface area contributed by atoms with Crippen molar-refractivity contribution in [1.29, 1.82) is 0 Å². The molecule has 1 aromatic carbocycles. The number of benzene rings is 1. The molecule has 0 spiro atoms. The third kappa shape index (κ3) is 2.07. The minimum Gasteiger partial charge on any atom is -0.487 e. The number of ether oxygens (including phenoxy) is 1. The van der Waals surface area contributed by atoms with Gasteiger partial charge in [-0.3, -0.25) is 0 Å². The van der Waals surface area contributed by atoms with Gasteiger partial charge in [-0.2, -0.15) is 0 Å². The lowest BCUT2D eigenvalue weighted by molar-refractivity contribution is 0.0962. The minimum absolute atomic E-state index is 0.0776. The van der Waals surface area contributed by atoms with Gasteiger partial charge < -0.3 is 10.5 Å². The van der Waals surface area contributed by atoms with Crippen LogP contribution in [0.3, 0.4) is 0 Å². The average molecular weight is 260 g/mol. The molecule has 0 heterocycles. The van der Waals surface area contributed by atoms with Gasteiger partial charge in [0.15, 0.2) is 11.6 Å². The first-order valence-corrected chi connectivity index (χ1v) is 5.32. The van der Waals surface area contributed by atoms with Crippen LogP contribution in [0.2, 0.25) is 0 Å². The molecule has 4 heteroatoms. The van der Waals surface area contributed by atoms with Gasteiger partial charge in [0.2, 0.25) is 0 Å². The van der Waals surface area contributed by atoms with Crippen molar-refractivity contribution in [2.75, 3.05) is 0 Å². The number of halogens is 2. The van der Waals surface area contributed by atoms with E-state index in [-0.39, 0.29) is 18.0 Å². The van der Waals surface area contributed by atoms with Crippen LogP contribution < -0.4 is 10.5 Å². The Kier molecular flexibility index (Phi) is 2.74. The molecular weight excluding hydrogens is 249 g/mol. The van der Waals surface area contributed by atoms with Gasteiger partial charge in [0.05, 0.1) is 0 Å². The van der Waals surface area contributed by atoms with E-state index in [0.29, 0.717) is 5.75 Å². The summed E-state index contributed by atoms with van der Waals surface area (Å²) in [6, 6.07) is 4.89. The quantitative estimate of drug-likeness (QED) is 0.886. The van der Waals surface area contributed by atoms with Crippen LogP contribution in [0.15, 0.2) is 22.7 Å². The monoisotopic (exact) mass is 259 g/mol. The Morgan fingerprint density at radius 1 is 1.43 bits per heavy atom. The first-order chi connectivity index (χ1) is 6.65. The topological polar surface area (TPSA) is 35.2 Å². The van der Waals surface area contributed by atoms with E-state index >= 15 is 0 Å². The van der Waals surface area contributed by atoms with Crippen LogP contribution in [0.1, 0.15) is 12.8 Å². The van der Waals surface area contributed by atoms with Crippen molar-refractivity contribution in [3.05, 3.63) is 28.5 Å². The highest BCUT2D eigenvalue weighted by molar-refractivity contribution is 9.10. The summed E-state index contributed by atoms with van der Waals surface area (Å²) >= 11 is 3.27. The molecule has 0 atom stereocenters. The van der Waals surface area contributed by atoms with E-state index in [0.717, 1.165) is 17.3 Å². The van der Waals surface area contributed by atoms with Crippen LogP contribution in [-0.2, 0) is 0 Å². The summed E-state index contributed by atoms with van der Waals surface area (Å²) in [7, 11) is 0. The Hall–Kier alpha value is -0.610. The third-order valence-corrected chi connectivity index (χ3v) is 2.81. The molecule has 0 unspecified atom stereocenters. The van der Waals surface area contributed by atoms with Crippen molar-refractivity contribution >= 4 is 15.9 Å². The van der Waals surface area contributed by atoms with Crippen molar-refractivity contribution in [2.45, 2.75) is 25.0 Å². The molecule has 0 aliphatic heterocycles. The molecule has 1 aromatic rings. The van der Waals surface area contributed by atoms with Crippen LogP contribution in [0.25, 0.3) is 0 Å². The fourth-order valence-corrected chi connectivity index (χ4v) is 1.79. The number of hydrogen-bond acceptors (Lipinski definition) is 2. The van der Waals surface area contributed by atoms with Gasteiger partial charge in [-0.25, -0.2) is 4.39 Å². The van der Waals surface area contributed by atoms with Crippen LogP contribution in [0.5, 0.6) is 5.75 Å². The molecule has 76 valence electrons. The highest BCUT2D eigenvalue weighted by Gasteiger charge is 2.28. The molecule has 1 aliphatic rings. The lowest BCUT2D eigenvalue weighted by Crippen LogP contribution is -2.43. The summed E-state index contributed by atoms with van der Waals surface area (Å²) in [6.07, 6.45) is 1.70. The van der Waals surface area contributed by atoms with E-state index in [1.807, 2.05) is 0 Å². The maximum Gasteiger partial charge on any atom is 0.165 e. The number of hydrogen-bond donors (Lipinski definition) is 1. The molecule has 1 fully saturated rings. The highest BCUT2D eigenvalue weighted by atomic mass is 79.9. The summed E-state index contributed by atoms with van der Waals surface area (Å²) in [5.41, 5.74) is 5.61. The molecule has 0 aromatic heterocycles. The second-order valence-corrected chi connectivity index (χ2v) is 4.46. The second kappa shape index (κ2) is 3.87. The van der Waals surface area contributed by atoms with E-state index in [1.165, 1.54) is 6.07 Å². The Labute approximate surface area is 90.4 Å². The molecule has 14 heavy (non-hydrogen) atoms. The Morgan fingerprint density at radius 3 is 2.79 bits per heavy atom. The highest BCUT2D eigenvalue weighted by Crippen LogP contribution is 2.28. The molecule has 2 N–H and O–H groups in total. The number of nitrogens with two attached hydrogens (primary N) is 1. The van der Waals surface area contributed by atoms with E-state index < -0.39 is 0 Å². The summed E-state index contributed by atoms with van der Waals surface area (Å²) in [6.45, 7) is 0. The van der Waals surface area contributed by atoms with Crippen LogP contribution in [0.4, 0.5) is 4.39 Å². The predicted molar refractivity (Wildman–Crippen MR) is 55.7 cm³/mol. The zero-order chi connectivity index (χ0) is 10.1. The van der Waals surface area contributed by atoms with Gasteiger partial charge >= 0.3 is 0 Å². The largest absolute Gasteiger partial charge is 0.487 e. The molecule has 2 rings (SSSR count). The molecule has 0 saturated heterocycles. The van der Waals surface area contributed by atoms with E-state index in [4.69, 9.17) is 10.5 Å². The SMILES string of the molecule is NC1CC(Oc2cc(Br)ccc2F)C1. The van der Waals surface area contributed by atoms with Crippen molar-refractivity contribution in [1.82, 2.24) is 0 Å². The average Bonchev–Trinajstić information content (AvgIpc) is 2.09. The van der Waals surface area contributed by atoms with E-state index in [9.17, 15) is 4.39 Å². The smallest absolute Gasteiger partial charge is 0.165 e. The fourth-order valence-electron chi connectivity index (χ4n) is 1.45. The molecule has 1 saturated carbocycles. The van der Waals surface area contributed by atoms with Crippen molar-refractivity contribution in [3.63, 3.8) is 0 Å². The summed E-state index contributed by atoms with van der Waals surface area (Å²) in [5, 5.41) is 0. The minimum atomic E-state index is -0.325. The Morgan fingerprint density at radius 2 is 2.14 bits per heavy atom. The van der Waals surface area contributed by atoms with Gasteiger partial charge in [-0.05, 0) is 31.0 Å². The summed E-state index contributed by atoms with van der Waals surface area (Å²) in [4.78, 5) is 0. The van der Waals surface area contributed by atoms with Gasteiger partial charge in [-0.15, -0.1) is 0 Å². The lowest BCUT2D eigenvalue weighted by Gasteiger charge is -2.32. The lowest BCUT2D eigenvalue weighted by atomic mass is 9.90. The maximum absolute atomic E-state index is 13.2. The predicted octanol–water partition coefficient (Wildman–Crippen LogP) is 2.46. The van der Waals surface area contributed by atoms with Crippen molar-refractivity contribution < 1.29 is 9.13 Å². The summed E-state index contributed by atoms with van der Waals surface area (Å²) in [5.74, 6) is -0.0232. The van der Waals surface area contributed by atoms with E-state index in [2.05, 4.69) is 15.9 Å². The fraction of sp³-hybridized carbons (Fsp3) is 0.400. The Balaban J connectivity index is 2.05. The zero-order valence-electron chi connectivity index (χ0n) is 7.54. The van der Waals surface area contributed by atoms with Crippen LogP contribution in [-0.4, -0.2) is 12.1 Å². The molecule has 2 nitrogen and oxygen atoms in total. The molecule has 1 aliphatic carbocycles. The second-order valence-electron chi connectivity index (χ2n) is 3.55. The first kappa shape index (κ1) is 9.93.